The summed E-state index contributed by atoms with van der Waals surface area (Å²) in [4.78, 5) is 13.6. The number of hydrogen-bond acceptors (Lipinski definition) is 4. The largest absolute Gasteiger partial charge is 0.444 e. The van der Waals surface area contributed by atoms with Crippen molar-refractivity contribution in [3.05, 3.63) is 0 Å². The van der Waals surface area contributed by atoms with Crippen LogP contribution in [0.2, 0.25) is 0 Å². The highest BCUT2D eigenvalue weighted by Crippen LogP contribution is 2.29. The van der Waals surface area contributed by atoms with Crippen LogP contribution in [0.1, 0.15) is 40.5 Å². The van der Waals surface area contributed by atoms with E-state index in [1.54, 1.807) is 4.90 Å². The van der Waals surface area contributed by atoms with Crippen LogP contribution in [0.5, 0.6) is 0 Å². The second-order valence-electron chi connectivity index (χ2n) is 6.25. The van der Waals surface area contributed by atoms with Crippen molar-refractivity contribution in [2.24, 2.45) is 11.7 Å². The van der Waals surface area contributed by atoms with Crippen LogP contribution in [0.4, 0.5) is 4.79 Å². The molecule has 0 bridgehead atoms. The second-order valence-corrected chi connectivity index (χ2v) is 6.25. The molecule has 1 fully saturated rings. The first kappa shape index (κ1) is 15.2. The van der Waals surface area contributed by atoms with Crippen LogP contribution >= 0.6 is 0 Å². The van der Waals surface area contributed by atoms with E-state index in [4.69, 9.17) is 10.5 Å². The van der Waals surface area contributed by atoms with Gasteiger partial charge >= 0.3 is 6.09 Å². The van der Waals surface area contributed by atoms with Gasteiger partial charge in [-0.3, -0.25) is 0 Å². The number of piperidine rings is 1. The van der Waals surface area contributed by atoms with Gasteiger partial charge in [-0.15, -0.1) is 0 Å². The zero-order valence-electron chi connectivity index (χ0n) is 11.9. The summed E-state index contributed by atoms with van der Waals surface area (Å²) in [5.74, 6) is -0.0252. The summed E-state index contributed by atoms with van der Waals surface area (Å²) < 4.78 is 5.33. The van der Waals surface area contributed by atoms with Crippen molar-refractivity contribution < 1.29 is 14.6 Å². The molecule has 1 amide bonds. The average molecular weight is 258 g/mol. The fourth-order valence-electron chi connectivity index (χ4n) is 2.17. The normalized spacial score (nSPS) is 26.9. The van der Waals surface area contributed by atoms with Crippen molar-refractivity contribution in [3.8, 4) is 0 Å². The Balaban J connectivity index is 2.66. The number of aliphatic hydroxyl groups is 1. The van der Waals surface area contributed by atoms with Crippen molar-refractivity contribution in [1.29, 1.82) is 0 Å². The van der Waals surface area contributed by atoms with Gasteiger partial charge in [0.25, 0.3) is 0 Å². The number of nitrogens with zero attached hydrogens (tertiary/aromatic N) is 1. The molecule has 0 radical (unpaired) electrons. The average Bonchev–Trinajstić information content (AvgIpc) is 2.25. The molecular weight excluding hydrogens is 232 g/mol. The van der Waals surface area contributed by atoms with E-state index in [9.17, 15) is 9.90 Å². The summed E-state index contributed by atoms with van der Waals surface area (Å²) >= 11 is 0. The summed E-state index contributed by atoms with van der Waals surface area (Å²) in [6, 6.07) is 0. The van der Waals surface area contributed by atoms with E-state index in [-0.39, 0.29) is 12.0 Å². The molecule has 0 aliphatic carbocycles. The quantitative estimate of drug-likeness (QED) is 0.784. The maximum Gasteiger partial charge on any atom is 0.410 e. The molecule has 0 aromatic rings. The Morgan fingerprint density at radius 2 is 2.17 bits per heavy atom. The third kappa shape index (κ3) is 3.85. The van der Waals surface area contributed by atoms with Crippen LogP contribution in [0, 0.1) is 5.92 Å². The van der Waals surface area contributed by atoms with Crippen molar-refractivity contribution >= 4 is 6.09 Å². The maximum atomic E-state index is 12.0. The highest BCUT2D eigenvalue weighted by atomic mass is 16.6. The highest BCUT2D eigenvalue weighted by Gasteiger charge is 2.40. The molecule has 0 aromatic carbocycles. The topological polar surface area (TPSA) is 75.8 Å². The molecule has 1 heterocycles. The fraction of sp³-hybridized carbons (Fsp3) is 0.923. The first-order valence-corrected chi connectivity index (χ1v) is 6.58. The van der Waals surface area contributed by atoms with E-state index in [1.165, 1.54) is 0 Å². The fourth-order valence-corrected chi connectivity index (χ4v) is 2.17. The van der Waals surface area contributed by atoms with Gasteiger partial charge in [-0.1, -0.05) is 6.92 Å². The SMILES string of the molecule is CC(CN)C1(O)CCCN(C(=O)OC(C)(C)C)C1. The monoisotopic (exact) mass is 258 g/mol. The summed E-state index contributed by atoms with van der Waals surface area (Å²) in [7, 11) is 0. The first-order valence-electron chi connectivity index (χ1n) is 6.58. The minimum absolute atomic E-state index is 0.0252. The first-order chi connectivity index (χ1) is 8.18. The van der Waals surface area contributed by atoms with Crippen LogP contribution in [-0.4, -0.2) is 46.9 Å². The van der Waals surface area contributed by atoms with E-state index in [0.717, 1.165) is 6.42 Å². The summed E-state index contributed by atoms with van der Waals surface area (Å²) in [6.07, 6.45) is 1.11. The van der Waals surface area contributed by atoms with Gasteiger partial charge in [-0.2, -0.15) is 0 Å². The molecular formula is C13H26N2O3. The van der Waals surface area contributed by atoms with Gasteiger partial charge in [0, 0.05) is 6.54 Å². The van der Waals surface area contributed by atoms with E-state index in [2.05, 4.69) is 0 Å². The lowest BCUT2D eigenvalue weighted by Crippen LogP contribution is -2.55. The van der Waals surface area contributed by atoms with Gasteiger partial charge in [-0.25, -0.2) is 4.79 Å². The molecule has 1 rings (SSSR count). The lowest BCUT2D eigenvalue weighted by Gasteiger charge is -2.42. The predicted molar refractivity (Wildman–Crippen MR) is 70.2 cm³/mol. The molecule has 3 N–H and O–H groups in total. The third-order valence-electron chi connectivity index (χ3n) is 3.42. The van der Waals surface area contributed by atoms with Crippen LogP contribution in [0.3, 0.4) is 0 Å². The minimum atomic E-state index is -0.885. The third-order valence-corrected chi connectivity index (χ3v) is 3.42. The Bertz CT molecular complexity index is 301. The molecule has 2 unspecified atom stereocenters. The number of rotatable bonds is 2. The lowest BCUT2D eigenvalue weighted by atomic mass is 9.82. The van der Waals surface area contributed by atoms with Crippen molar-refractivity contribution in [2.45, 2.75) is 51.7 Å². The number of ether oxygens (including phenoxy) is 1. The minimum Gasteiger partial charge on any atom is -0.444 e. The molecule has 106 valence electrons. The summed E-state index contributed by atoms with van der Waals surface area (Å²) in [5.41, 5.74) is 4.22. The van der Waals surface area contributed by atoms with Crippen molar-refractivity contribution in [3.63, 3.8) is 0 Å². The van der Waals surface area contributed by atoms with Crippen LogP contribution < -0.4 is 5.73 Å². The Morgan fingerprint density at radius 1 is 1.56 bits per heavy atom. The molecule has 0 aromatic heterocycles. The lowest BCUT2D eigenvalue weighted by molar-refractivity contribution is -0.0710. The van der Waals surface area contributed by atoms with Gasteiger partial charge in [-0.05, 0) is 46.1 Å². The van der Waals surface area contributed by atoms with Gasteiger partial charge in [0.2, 0.25) is 0 Å². The molecule has 18 heavy (non-hydrogen) atoms. The summed E-state index contributed by atoms with van der Waals surface area (Å²) in [6.45, 7) is 8.78. The zero-order chi connectivity index (χ0) is 14.0. The molecule has 1 aliphatic rings. The van der Waals surface area contributed by atoms with Gasteiger partial charge in [0.05, 0.1) is 12.1 Å². The molecule has 1 aliphatic heterocycles. The van der Waals surface area contributed by atoms with Crippen LogP contribution in [0.25, 0.3) is 0 Å². The predicted octanol–water partition coefficient (Wildman–Crippen LogP) is 1.34. The smallest absolute Gasteiger partial charge is 0.410 e. The molecule has 5 heteroatoms. The second kappa shape index (κ2) is 5.45. The molecule has 1 saturated heterocycles. The Labute approximate surface area is 109 Å². The molecule has 0 saturated carbocycles. The molecule has 2 atom stereocenters. The van der Waals surface area contributed by atoms with Gasteiger partial charge < -0.3 is 20.5 Å². The van der Waals surface area contributed by atoms with E-state index >= 15 is 0 Å². The van der Waals surface area contributed by atoms with E-state index < -0.39 is 11.2 Å². The maximum absolute atomic E-state index is 12.0. The number of hydrogen-bond donors (Lipinski definition) is 2. The van der Waals surface area contributed by atoms with Gasteiger partial charge in [0.15, 0.2) is 0 Å². The van der Waals surface area contributed by atoms with Crippen LogP contribution in [0.15, 0.2) is 0 Å². The summed E-state index contributed by atoms with van der Waals surface area (Å²) in [5, 5.41) is 10.5. The van der Waals surface area contributed by atoms with Crippen molar-refractivity contribution in [1.82, 2.24) is 4.90 Å². The Kier molecular flexibility index (Phi) is 4.61. The molecule has 5 nitrogen and oxygen atoms in total. The van der Waals surface area contributed by atoms with Crippen LogP contribution in [-0.2, 0) is 4.74 Å². The number of amides is 1. The number of carbonyl (C=O) groups excluding carboxylic acids is 1. The van der Waals surface area contributed by atoms with E-state index in [1.807, 2.05) is 27.7 Å². The van der Waals surface area contributed by atoms with Gasteiger partial charge in [0.1, 0.15) is 5.60 Å². The standard InChI is InChI=1S/C13H26N2O3/c1-10(8-14)13(17)6-5-7-15(9-13)11(16)18-12(2,3)4/h10,17H,5-9,14H2,1-4H3. The Morgan fingerprint density at radius 3 is 2.67 bits per heavy atom. The number of β-amino-alcohol motifs (C(OH)–C–C–N with tert-alkyl or cyclic N) is 1. The van der Waals surface area contributed by atoms with E-state index in [0.29, 0.717) is 26.1 Å². The number of carbonyl (C=O) groups is 1. The Hall–Kier alpha value is -0.810. The number of nitrogens with two attached hydrogens (primary N) is 1. The highest BCUT2D eigenvalue weighted by molar-refractivity contribution is 5.68. The molecule has 0 spiro atoms. The zero-order valence-corrected chi connectivity index (χ0v) is 11.9. The number of likely N-dealkylation sites (tertiary alicyclic amines) is 1. The van der Waals surface area contributed by atoms with Crippen molar-refractivity contribution in [2.75, 3.05) is 19.6 Å².